The number of hydrogen-bond donors (Lipinski definition) is 1. The van der Waals surface area contributed by atoms with Crippen LogP contribution in [-0.2, 0) is 27.2 Å². The SMILES string of the molecule is CCCCCCCCCCCCCCCCCCCCCC(=O)O.[Ag].[Ca]. The van der Waals surface area contributed by atoms with Gasteiger partial charge in [0.2, 0.25) is 0 Å². The van der Waals surface area contributed by atoms with Gasteiger partial charge >= 0.3 is 5.97 Å². The Morgan fingerprint density at radius 1 is 0.538 bits per heavy atom. The van der Waals surface area contributed by atoms with Crippen LogP contribution in [0.25, 0.3) is 0 Å². The van der Waals surface area contributed by atoms with Crippen LogP contribution in [0.5, 0.6) is 0 Å². The van der Waals surface area contributed by atoms with Crippen molar-refractivity contribution < 1.29 is 32.3 Å². The van der Waals surface area contributed by atoms with Crippen molar-refractivity contribution in [2.24, 2.45) is 0 Å². The molecule has 26 heavy (non-hydrogen) atoms. The van der Waals surface area contributed by atoms with Crippen LogP contribution in [0.4, 0.5) is 0 Å². The number of rotatable bonds is 20. The van der Waals surface area contributed by atoms with Gasteiger partial charge in [-0.3, -0.25) is 4.79 Å². The second kappa shape index (κ2) is 28.7. The van der Waals surface area contributed by atoms with Crippen LogP contribution in [0.1, 0.15) is 135 Å². The van der Waals surface area contributed by atoms with Crippen LogP contribution in [0.2, 0.25) is 0 Å². The first-order chi connectivity index (χ1) is 11.8. The largest absolute Gasteiger partial charge is 0.481 e. The van der Waals surface area contributed by atoms with E-state index in [1.54, 1.807) is 0 Å². The Balaban J connectivity index is -0.00000264. The Morgan fingerprint density at radius 2 is 0.769 bits per heavy atom. The Bertz CT molecular complexity index is 263. The summed E-state index contributed by atoms with van der Waals surface area (Å²) in [4.78, 5) is 10.4. The zero-order chi connectivity index (χ0) is 17.7. The van der Waals surface area contributed by atoms with E-state index >= 15 is 0 Å². The summed E-state index contributed by atoms with van der Waals surface area (Å²) in [7, 11) is 0. The molecule has 0 aromatic carbocycles. The predicted molar refractivity (Wildman–Crippen MR) is 111 cm³/mol. The van der Waals surface area contributed by atoms with Gasteiger partial charge in [-0.05, 0) is 6.42 Å². The Kier molecular flexibility index (Phi) is 35.5. The molecule has 0 saturated carbocycles. The van der Waals surface area contributed by atoms with Gasteiger partial charge in [0.1, 0.15) is 0 Å². The van der Waals surface area contributed by atoms with Crippen molar-refractivity contribution in [2.45, 2.75) is 135 Å². The summed E-state index contributed by atoms with van der Waals surface area (Å²) >= 11 is 0. The third kappa shape index (κ3) is 30.2. The van der Waals surface area contributed by atoms with Crippen LogP contribution in [0.15, 0.2) is 0 Å². The maximum absolute atomic E-state index is 10.4. The molecule has 2 nitrogen and oxygen atoms in total. The smallest absolute Gasteiger partial charge is 0.303 e. The number of carbonyl (C=O) groups is 1. The zero-order valence-electron chi connectivity index (χ0n) is 17.5. The second-order valence-corrected chi connectivity index (χ2v) is 7.51. The summed E-state index contributed by atoms with van der Waals surface area (Å²) in [6.07, 6.45) is 26.1. The molecule has 0 saturated heterocycles. The summed E-state index contributed by atoms with van der Waals surface area (Å²) in [6.45, 7) is 2.28. The summed E-state index contributed by atoms with van der Waals surface area (Å²) in [5.74, 6) is -0.651. The molecule has 0 heterocycles. The van der Waals surface area contributed by atoms with Crippen molar-refractivity contribution in [3.05, 3.63) is 0 Å². The number of carboxylic acid groups (broad SMARTS) is 1. The fourth-order valence-corrected chi connectivity index (χ4v) is 3.35. The average Bonchev–Trinajstić information content (AvgIpc) is 2.56. The van der Waals surface area contributed by atoms with E-state index < -0.39 is 5.97 Å². The van der Waals surface area contributed by atoms with E-state index in [2.05, 4.69) is 6.92 Å². The molecule has 1 N–H and O–H groups in total. The minimum Gasteiger partial charge on any atom is -0.481 e. The predicted octanol–water partition coefficient (Wildman–Crippen LogP) is 7.51. The molecule has 0 aliphatic carbocycles. The van der Waals surface area contributed by atoms with Crippen LogP contribution >= 0.6 is 0 Å². The molecule has 0 unspecified atom stereocenters. The maximum atomic E-state index is 10.4. The van der Waals surface area contributed by atoms with Crippen molar-refractivity contribution in [3.63, 3.8) is 0 Å². The monoisotopic (exact) mass is 487 g/mol. The molecule has 0 aliphatic heterocycles. The molecule has 0 rings (SSSR count). The van der Waals surface area contributed by atoms with E-state index in [1.807, 2.05) is 0 Å². The molecule has 0 bridgehead atoms. The molecular formula is C22H44AgCaO2. The van der Waals surface area contributed by atoms with Crippen molar-refractivity contribution in [1.82, 2.24) is 0 Å². The number of hydrogen-bond acceptors (Lipinski definition) is 1. The van der Waals surface area contributed by atoms with E-state index in [1.165, 1.54) is 109 Å². The number of carboxylic acids is 1. The van der Waals surface area contributed by atoms with Crippen LogP contribution in [-0.4, -0.2) is 48.8 Å². The Morgan fingerprint density at radius 3 is 1.00 bits per heavy atom. The van der Waals surface area contributed by atoms with Crippen molar-refractivity contribution >= 4 is 43.7 Å². The van der Waals surface area contributed by atoms with Crippen molar-refractivity contribution in [2.75, 3.05) is 0 Å². The van der Waals surface area contributed by atoms with Gasteiger partial charge in [-0.1, -0.05) is 122 Å². The van der Waals surface area contributed by atoms with E-state index in [-0.39, 0.29) is 60.1 Å². The van der Waals surface area contributed by atoms with Gasteiger partial charge in [-0.25, -0.2) is 0 Å². The molecule has 0 aromatic rings. The standard InChI is InChI=1S/C22H44O2.Ag.Ca/c1-2-3-4-5-6-7-8-9-10-11-12-13-14-15-16-17-18-19-20-21-22(23)24;;/h2-21H2,1H3,(H,23,24);;. The van der Waals surface area contributed by atoms with Gasteiger partial charge in [0.15, 0.2) is 0 Å². The topological polar surface area (TPSA) is 37.3 Å². The summed E-state index contributed by atoms with van der Waals surface area (Å²) in [6, 6.07) is 0. The van der Waals surface area contributed by atoms with Crippen LogP contribution in [0.3, 0.4) is 0 Å². The first-order valence-electron chi connectivity index (χ1n) is 11.0. The quantitative estimate of drug-likeness (QED) is 0.142. The fourth-order valence-electron chi connectivity index (χ4n) is 3.35. The summed E-state index contributed by atoms with van der Waals surface area (Å²) < 4.78 is 0. The van der Waals surface area contributed by atoms with Crippen LogP contribution < -0.4 is 0 Å². The van der Waals surface area contributed by atoms with Gasteiger partial charge in [0.25, 0.3) is 0 Å². The first kappa shape index (κ1) is 32.1. The molecule has 3 radical (unpaired) electrons. The first-order valence-corrected chi connectivity index (χ1v) is 11.0. The Hall–Kier alpha value is 1.47. The minimum absolute atomic E-state index is 0. The normalized spacial score (nSPS) is 10.2. The molecule has 0 spiro atoms. The number of unbranched alkanes of at least 4 members (excludes halogenated alkanes) is 18. The van der Waals surface area contributed by atoms with Gasteiger partial charge in [0, 0.05) is 66.5 Å². The van der Waals surface area contributed by atoms with Gasteiger partial charge in [-0.2, -0.15) is 0 Å². The van der Waals surface area contributed by atoms with Gasteiger partial charge < -0.3 is 5.11 Å². The fraction of sp³-hybridized carbons (Fsp3) is 0.955. The molecule has 0 atom stereocenters. The molecule has 0 aromatic heterocycles. The van der Waals surface area contributed by atoms with E-state index in [9.17, 15) is 4.79 Å². The van der Waals surface area contributed by atoms with E-state index in [4.69, 9.17) is 5.11 Å². The molecule has 157 valence electrons. The Labute approximate surface area is 209 Å². The van der Waals surface area contributed by atoms with Crippen molar-refractivity contribution in [1.29, 1.82) is 0 Å². The van der Waals surface area contributed by atoms with Crippen LogP contribution in [0, 0.1) is 0 Å². The van der Waals surface area contributed by atoms with Gasteiger partial charge in [0.05, 0.1) is 0 Å². The summed E-state index contributed by atoms with van der Waals surface area (Å²) in [5, 5.41) is 8.56. The maximum Gasteiger partial charge on any atom is 0.303 e. The zero-order valence-corrected chi connectivity index (χ0v) is 21.2. The second-order valence-electron chi connectivity index (χ2n) is 7.51. The molecular weight excluding hydrogens is 444 g/mol. The molecule has 4 heteroatoms. The molecule has 0 fully saturated rings. The summed E-state index contributed by atoms with van der Waals surface area (Å²) in [5.41, 5.74) is 0. The number of aliphatic carboxylic acids is 1. The molecule has 0 aliphatic rings. The third-order valence-electron chi connectivity index (χ3n) is 4.99. The van der Waals surface area contributed by atoms with E-state index in [0.29, 0.717) is 6.42 Å². The van der Waals surface area contributed by atoms with Gasteiger partial charge in [-0.15, -0.1) is 0 Å². The average molecular weight is 489 g/mol. The van der Waals surface area contributed by atoms with E-state index in [0.717, 1.165) is 12.8 Å². The van der Waals surface area contributed by atoms with Crippen molar-refractivity contribution in [3.8, 4) is 0 Å². The molecule has 0 amide bonds. The minimum atomic E-state index is -0.651. The third-order valence-corrected chi connectivity index (χ3v) is 4.99.